The zero-order chi connectivity index (χ0) is 12.1. The summed E-state index contributed by atoms with van der Waals surface area (Å²) in [6.07, 6.45) is 2.09. The second kappa shape index (κ2) is 5.55. The molecule has 0 aliphatic heterocycles. The third-order valence-corrected chi connectivity index (χ3v) is 2.28. The minimum Gasteiger partial charge on any atom is -0.393 e. The number of pyridine rings is 1. The van der Waals surface area contributed by atoms with Gasteiger partial charge < -0.3 is 11.1 Å². The Labute approximate surface area is 100 Å². The maximum Gasteiger partial charge on any atom is 0.270 e. The lowest BCUT2D eigenvalue weighted by atomic mass is 10.2. The van der Waals surface area contributed by atoms with Gasteiger partial charge in [-0.3, -0.25) is 9.78 Å². The summed E-state index contributed by atoms with van der Waals surface area (Å²) in [4.78, 5) is 16.2. The molecule has 1 rings (SSSR count). The molecule has 1 heterocycles. The summed E-state index contributed by atoms with van der Waals surface area (Å²) in [6.45, 7) is 3.70. The highest BCUT2D eigenvalue weighted by atomic mass is 32.1. The van der Waals surface area contributed by atoms with E-state index in [1.807, 2.05) is 19.9 Å². The molecule has 16 heavy (non-hydrogen) atoms. The predicted molar refractivity (Wildman–Crippen MR) is 67.3 cm³/mol. The maximum atomic E-state index is 11.8. The maximum absolute atomic E-state index is 11.8. The summed E-state index contributed by atoms with van der Waals surface area (Å²) < 4.78 is 0. The van der Waals surface area contributed by atoms with Crippen molar-refractivity contribution in [3.63, 3.8) is 0 Å². The quantitative estimate of drug-likeness (QED) is 0.772. The first-order chi connectivity index (χ1) is 7.50. The normalized spacial score (nSPS) is 11.9. The van der Waals surface area contributed by atoms with Crippen LogP contribution in [0.1, 0.15) is 29.4 Å². The average molecular weight is 237 g/mol. The summed E-state index contributed by atoms with van der Waals surface area (Å²) in [6, 6.07) is 3.57. The van der Waals surface area contributed by atoms with Gasteiger partial charge >= 0.3 is 0 Å². The van der Waals surface area contributed by atoms with Crippen LogP contribution in [0.2, 0.25) is 0 Å². The van der Waals surface area contributed by atoms with Gasteiger partial charge in [0.1, 0.15) is 5.69 Å². The molecule has 0 radical (unpaired) electrons. The second-order valence-electron chi connectivity index (χ2n) is 3.71. The number of nitrogens with two attached hydrogens (primary N) is 1. The van der Waals surface area contributed by atoms with Gasteiger partial charge in [0.2, 0.25) is 0 Å². The molecule has 0 aliphatic rings. The van der Waals surface area contributed by atoms with Crippen molar-refractivity contribution >= 4 is 23.1 Å². The minimum absolute atomic E-state index is 0.0774. The third-order valence-electron chi connectivity index (χ3n) is 2.11. The van der Waals surface area contributed by atoms with Crippen LogP contribution in [-0.2, 0) is 0 Å². The molecule has 1 aromatic rings. The third kappa shape index (κ3) is 3.58. The van der Waals surface area contributed by atoms with E-state index in [1.54, 1.807) is 12.3 Å². The molecule has 1 atom stereocenters. The largest absolute Gasteiger partial charge is 0.393 e. The van der Waals surface area contributed by atoms with E-state index in [0.29, 0.717) is 17.1 Å². The zero-order valence-electron chi connectivity index (χ0n) is 9.36. The molecule has 3 N–H and O–H groups in total. The molecule has 0 aromatic carbocycles. The summed E-state index contributed by atoms with van der Waals surface area (Å²) >= 11 is 4.78. The van der Waals surface area contributed by atoms with Crippen LogP contribution in [0, 0.1) is 6.92 Å². The molecule has 0 saturated heterocycles. The van der Waals surface area contributed by atoms with E-state index in [9.17, 15) is 4.79 Å². The average Bonchev–Trinajstić information content (AvgIpc) is 2.16. The van der Waals surface area contributed by atoms with E-state index in [0.717, 1.165) is 5.56 Å². The Hall–Kier alpha value is -1.49. The van der Waals surface area contributed by atoms with Gasteiger partial charge in [0.05, 0.1) is 4.99 Å². The van der Waals surface area contributed by atoms with Crippen molar-refractivity contribution in [3.05, 3.63) is 29.6 Å². The molecule has 1 aromatic heterocycles. The second-order valence-corrected chi connectivity index (χ2v) is 4.24. The highest BCUT2D eigenvalue weighted by Crippen LogP contribution is 2.03. The van der Waals surface area contributed by atoms with Crippen LogP contribution in [0.5, 0.6) is 0 Å². The van der Waals surface area contributed by atoms with E-state index < -0.39 is 0 Å². The van der Waals surface area contributed by atoms with Crippen LogP contribution < -0.4 is 11.1 Å². The Morgan fingerprint density at radius 2 is 2.38 bits per heavy atom. The van der Waals surface area contributed by atoms with Crippen LogP contribution in [-0.4, -0.2) is 21.9 Å². The fourth-order valence-electron chi connectivity index (χ4n) is 1.37. The number of nitrogens with zero attached hydrogens (tertiary/aromatic N) is 1. The van der Waals surface area contributed by atoms with Crippen LogP contribution >= 0.6 is 12.2 Å². The molecule has 1 unspecified atom stereocenters. The lowest BCUT2D eigenvalue weighted by Gasteiger charge is -2.13. The Bertz CT molecular complexity index is 406. The van der Waals surface area contributed by atoms with Crippen molar-refractivity contribution in [3.8, 4) is 0 Å². The van der Waals surface area contributed by atoms with Gasteiger partial charge in [-0.25, -0.2) is 0 Å². The molecule has 0 saturated carbocycles. The molecule has 0 fully saturated rings. The van der Waals surface area contributed by atoms with E-state index >= 15 is 0 Å². The van der Waals surface area contributed by atoms with Gasteiger partial charge in [0.15, 0.2) is 0 Å². The Morgan fingerprint density at radius 1 is 1.69 bits per heavy atom. The molecular formula is C11H15N3OS. The summed E-state index contributed by atoms with van der Waals surface area (Å²) in [5.74, 6) is -0.193. The van der Waals surface area contributed by atoms with Gasteiger partial charge in [-0.05, 0) is 25.5 Å². The molecule has 4 nitrogen and oxygen atoms in total. The van der Waals surface area contributed by atoms with Crippen molar-refractivity contribution in [1.82, 2.24) is 10.3 Å². The summed E-state index contributed by atoms with van der Waals surface area (Å²) in [5, 5.41) is 2.80. The number of aromatic nitrogens is 1. The number of aryl methyl sites for hydroxylation is 1. The van der Waals surface area contributed by atoms with Gasteiger partial charge in [-0.2, -0.15) is 0 Å². The smallest absolute Gasteiger partial charge is 0.270 e. The fraction of sp³-hybridized carbons (Fsp3) is 0.364. The number of carbonyl (C=O) groups excluding carboxylic acids is 1. The van der Waals surface area contributed by atoms with Crippen LogP contribution in [0.4, 0.5) is 0 Å². The number of carbonyl (C=O) groups is 1. The fourth-order valence-corrected chi connectivity index (χ4v) is 1.62. The molecule has 86 valence electrons. The minimum atomic E-state index is -0.193. The van der Waals surface area contributed by atoms with Gasteiger partial charge in [0.25, 0.3) is 5.91 Å². The Kier molecular flexibility index (Phi) is 4.37. The van der Waals surface area contributed by atoms with Crippen LogP contribution in [0.25, 0.3) is 0 Å². The number of amides is 1. The number of hydrogen-bond acceptors (Lipinski definition) is 3. The van der Waals surface area contributed by atoms with E-state index in [2.05, 4.69) is 10.3 Å². The number of rotatable bonds is 4. The first-order valence-corrected chi connectivity index (χ1v) is 5.42. The van der Waals surface area contributed by atoms with E-state index in [1.165, 1.54) is 0 Å². The monoisotopic (exact) mass is 237 g/mol. The van der Waals surface area contributed by atoms with E-state index in [-0.39, 0.29) is 11.9 Å². The molecule has 0 spiro atoms. The topological polar surface area (TPSA) is 68.0 Å². The van der Waals surface area contributed by atoms with Crippen molar-refractivity contribution in [2.24, 2.45) is 5.73 Å². The summed E-state index contributed by atoms with van der Waals surface area (Å²) in [5.41, 5.74) is 6.69. The SMILES string of the molecule is Cc1cccnc1C(=O)NC(C)CC(N)=S. The van der Waals surface area contributed by atoms with Gasteiger partial charge in [-0.15, -0.1) is 0 Å². The number of hydrogen-bond donors (Lipinski definition) is 2. The predicted octanol–water partition coefficient (Wildman–Crippen LogP) is 1.18. The van der Waals surface area contributed by atoms with Crippen molar-refractivity contribution in [2.45, 2.75) is 26.3 Å². The summed E-state index contributed by atoms with van der Waals surface area (Å²) in [7, 11) is 0. The highest BCUT2D eigenvalue weighted by molar-refractivity contribution is 7.80. The van der Waals surface area contributed by atoms with Crippen LogP contribution in [0.3, 0.4) is 0 Å². The van der Waals surface area contributed by atoms with Crippen molar-refractivity contribution in [1.29, 1.82) is 0 Å². The molecular weight excluding hydrogens is 222 g/mol. The first-order valence-electron chi connectivity index (χ1n) is 5.01. The first kappa shape index (κ1) is 12.6. The standard InChI is InChI=1S/C11H15N3OS/c1-7-4-3-5-13-10(7)11(15)14-8(2)6-9(12)16/h3-5,8H,6H2,1-2H3,(H2,12,16)(H,14,15). The van der Waals surface area contributed by atoms with Crippen LogP contribution in [0.15, 0.2) is 18.3 Å². The van der Waals surface area contributed by atoms with E-state index in [4.69, 9.17) is 18.0 Å². The van der Waals surface area contributed by atoms with Gasteiger partial charge in [-0.1, -0.05) is 18.3 Å². The molecule has 1 amide bonds. The Morgan fingerprint density at radius 3 is 2.94 bits per heavy atom. The number of nitrogens with one attached hydrogen (secondary N) is 1. The molecule has 0 bridgehead atoms. The zero-order valence-corrected chi connectivity index (χ0v) is 10.2. The lowest BCUT2D eigenvalue weighted by Crippen LogP contribution is -2.36. The molecule has 0 aliphatic carbocycles. The number of thiocarbonyl (C=S) groups is 1. The highest BCUT2D eigenvalue weighted by Gasteiger charge is 2.13. The van der Waals surface area contributed by atoms with Crippen molar-refractivity contribution in [2.75, 3.05) is 0 Å². The van der Waals surface area contributed by atoms with Gasteiger partial charge in [0, 0.05) is 18.7 Å². The Balaban J connectivity index is 2.66. The van der Waals surface area contributed by atoms with Crippen molar-refractivity contribution < 1.29 is 4.79 Å². The molecule has 5 heteroatoms. The lowest BCUT2D eigenvalue weighted by molar-refractivity contribution is 0.0935.